The van der Waals surface area contributed by atoms with Crippen LogP contribution in [0.15, 0.2) is 53.4 Å². The second-order valence-electron chi connectivity index (χ2n) is 7.19. The molecule has 0 spiro atoms. The maximum atomic E-state index is 12.8. The summed E-state index contributed by atoms with van der Waals surface area (Å²) in [6, 6.07) is 14.4. The molecule has 2 aromatic rings. The molecule has 1 aliphatic rings. The first-order valence-corrected chi connectivity index (χ1v) is 11.4. The van der Waals surface area contributed by atoms with E-state index in [2.05, 4.69) is 17.4 Å². The lowest BCUT2D eigenvalue weighted by Gasteiger charge is -2.21. The molecule has 1 amide bonds. The van der Waals surface area contributed by atoms with Crippen molar-refractivity contribution in [3.05, 3.63) is 65.2 Å². The third-order valence-corrected chi connectivity index (χ3v) is 7.05. The standard InChI is InChI=1S/C22H28N2O3S/c1-3-15-24(16-4-2)28(26,27)19-12-9-18(10-13-19)22(25)23-21-14-11-17-7-5-6-8-20(17)21/h5-10,12-13,21H,3-4,11,14-16H2,1-2H3,(H,23,25). The van der Waals surface area contributed by atoms with Crippen molar-refractivity contribution >= 4 is 15.9 Å². The fourth-order valence-corrected chi connectivity index (χ4v) is 5.35. The number of aryl methyl sites for hydroxylation is 1. The van der Waals surface area contributed by atoms with Crippen molar-refractivity contribution in [1.29, 1.82) is 0 Å². The number of benzene rings is 2. The molecule has 0 saturated carbocycles. The van der Waals surface area contributed by atoms with E-state index in [4.69, 9.17) is 0 Å². The van der Waals surface area contributed by atoms with Crippen molar-refractivity contribution in [2.75, 3.05) is 13.1 Å². The second-order valence-corrected chi connectivity index (χ2v) is 9.13. The second kappa shape index (κ2) is 8.88. The summed E-state index contributed by atoms with van der Waals surface area (Å²) in [6.45, 7) is 4.93. The van der Waals surface area contributed by atoms with Gasteiger partial charge in [-0.25, -0.2) is 8.42 Å². The summed E-state index contributed by atoms with van der Waals surface area (Å²) in [7, 11) is -3.53. The van der Waals surface area contributed by atoms with Crippen molar-refractivity contribution in [3.63, 3.8) is 0 Å². The molecule has 1 aliphatic carbocycles. The molecule has 28 heavy (non-hydrogen) atoms. The van der Waals surface area contributed by atoms with E-state index in [-0.39, 0.29) is 16.8 Å². The maximum absolute atomic E-state index is 12.8. The molecule has 0 bridgehead atoms. The predicted molar refractivity (Wildman–Crippen MR) is 111 cm³/mol. The van der Waals surface area contributed by atoms with Gasteiger partial charge in [-0.15, -0.1) is 0 Å². The Hall–Kier alpha value is -2.18. The molecule has 150 valence electrons. The summed E-state index contributed by atoms with van der Waals surface area (Å²) in [5, 5.41) is 3.07. The highest BCUT2D eigenvalue weighted by molar-refractivity contribution is 7.89. The molecule has 5 nitrogen and oxygen atoms in total. The van der Waals surface area contributed by atoms with Gasteiger partial charge in [-0.3, -0.25) is 4.79 Å². The van der Waals surface area contributed by atoms with E-state index < -0.39 is 10.0 Å². The van der Waals surface area contributed by atoms with E-state index in [0.29, 0.717) is 18.7 Å². The average Bonchev–Trinajstić information content (AvgIpc) is 3.11. The number of carbonyl (C=O) groups is 1. The van der Waals surface area contributed by atoms with E-state index in [0.717, 1.165) is 25.7 Å². The minimum atomic E-state index is -3.53. The van der Waals surface area contributed by atoms with Crippen LogP contribution in [0, 0.1) is 0 Å². The highest BCUT2D eigenvalue weighted by Gasteiger charge is 2.25. The quantitative estimate of drug-likeness (QED) is 0.730. The van der Waals surface area contributed by atoms with Crippen LogP contribution in [0.3, 0.4) is 0 Å². The number of nitrogens with one attached hydrogen (secondary N) is 1. The molecule has 1 N–H and O–H groups in total. The minimum absolute atomic E-state index is 0.0108. The fourth-order valence-electron chi connectivity index (χ4n) is 3.73. The maximum Gasteiger partial charge on any atom is 0.251 e. The predicted octanol–water partition coefficient (Wildman–Crippen LogP) is 3.91. The molecule has 0 aromatic heterocycles. The van der Waals surface area contributed by atoms with E-state index in [1.54, 1.807) is 12.1 Å². The Labute approximate surface area is 167 Å². The van der Waals surface area contributed by atoms with Gasteiger partial charge in [-0.2, -0.15) is 4.31 Å². The van der Waals surface area contributed by atoms with Crippen molar-refractivity contribution in [2.24, 2.45) is 0 Å². The molecule has 1 unspecified atom stereocenters. The number of rotatable bonds is 8. The molecule has 0 fully saturated rings. The van der Waals surface area contributed by atoms with Gasteiger partial charge in [0.15, 0.2) is 0 Å². The summed E-state index contributed by atoms with van der Waals surface area (Å²) in [5.74, 6) is -0.176. The van der Waals surface area contributed by atoms with Crippen molar-refractivity contribution in [1.82, 2.24) is 9.62 Å². The van der Waals surface area contributed by atoms with Crippen molar-refractivity contribution in [2.45, 2.75) is 50.5 Å². The normalized spacial score (nSPS) is 16.2. The van der Waals surface area contributed by atoms with Crippen molar-refractivity contribution in [3.8, 4) is 0 Å². The Morgan fingerprint density at radius 3 is 2.32 bits per heavy atom. The Balaban J connectivity index is 1.73. The SMILES string of the molecule is CCCN(CCC)S(=O)(=O)c1ccc(C(=O)NC2CCc3ccccc32)cc1. The van der Waals surface area contributed by atoms with E-state index in [9.17, 15) is 13.2 Å². The zero-order valence-corrected chi connectivity index (χ0v) is 17.3. The van der Waals surface area contributed by atoms with E-state index >= 15 is 0 Å². The summed E-state index contributed by atoms with van der Waals surface area (Å²) in [4.78, 5) is 12.9. The zero-order valence-electron chi connectivity index (χ0n) is 16.5. The van der Waals surface area contributed by atoms with Gasteiger partial charge in [0.25, 0.3) is 5.91 Å². The molecule has 2 aromatic carbocycles. The Bertz CT molecular complexity index is 917. The van der Waals surface area contributed by atoms with Crippen LogP contribution in [0.2, 0.25) is 0 Å². The summed E-state index contributed by atoms with van der Waals surface area (Å²) < 4.78 is 27.2. The van der Waals surface area contributed by atoms with Crippen LogP contribution in [-0.2, 0) is 16.4 Å². The van der Waals surface area contributed by atoms with Crippen molar-refractivity contribution < 1.29 is 13.2 Å². The molecule has 0 heterocycles. The lowest BCUT2D eigenvalue weighted by Crippen LogP contribution is -2.32. The highest BCUT2D eigenvalue weighted by atomic mass is 32.2. The summed E-state index contributed by atoms with van der Waals surface area (Å²) >= 11 is 0. The summed E-state index contributed by atoms with van der Waals surface area (Å²) in [6.07, 6.45) is 3.38. The largest absolute Gasteiger partial charge is 0.345 e. The van der Waals surface area contributed by atoms with Crippen LogP contribution >= 0.6 is 0 Å². The number of nitrogens with zero attached hydrogens (tertiary/aromatic N) is 1. The Morgan fingerprint density at radius 2 is 1.68 bits per heavy atom. The van der Waals surface area contributed by atoms with Crippen LogP contribution in [0.5, 0.6) is 0 Å². The number of fused-ring (bicyclic) bond motifs is 1. The molecule has 1 atom stereocenters. The third-order valence-electron chi connectivity index (χ3n) is 5.14. The monoisotopic (exact) mass is 400 g/mol. The summed E-state index contributed by atoms with van der Waals surface area (Å²) in [5.41, 5.74) is 2.92. The zero-order chi connectivity index (χ0) is 20.1. The average molecular weight is 401 g/mol. The highest BCUT2D eigenvalue weighted by Crippen LogP contribution is 2.31. The molecular weight excluding hydrogens is 372 g/mol. The first-order valence-electron chi connectivity index (χ1n) is 9.96. The third kappa shape index (κ3) is 4.28. The molecule has 0 radical (unpaired) electrons. The van der Waals surface area contributed by atoms with Gasteiger partial charge in [0, 0.05) is 18.7 Å². The van der Waals surface area contributed by atoms with Gasteiger partial charge in [0.1, 0.15) is 0 Å². The smallest absolute Gasteiger partial charge is 0.251 e. The van der Waals surface area contributed by atoms with Crippen LogP contribution in [0.4, 0.5) is 0 Å². The number of hydrogen-bond donors (Lipinski definition) is 1. The number of carbonyl (C=O) groups excluding carboxylic acids is 1. The molecular formula is C22H28N2O3S. The van der Waals surface area contributed by atoms with Gasteiger partial charge in [-0.05, 0) is 61.1 Å². The Kier molecular flexibility index (Phi) is 6.52. The molecule has 3 rings (SSSR count). The van der Waals surface area contributed by atoms with Crippen LogP contribution in [-0.4, -0.2) is 31.7 Å². The number of amides is 1. The van der Waals surface area contributed by atoms with Gasteiger partial charge in [0.05, 0.1) is 10.9 Å². The van der Waals surface area contributed by atoms with Gasteiger partial charge in [-0.1, -0.05) is 38.1 Å². The fraction of sp³-hybridized carbons (Fsp3) is 0.409. The minimum Gasteiger partial charge on any atom is -0.345 e. The first kappa shape index (κ1) is 20.6. The van der Waals surface area contributed by atoms with Gasteiger partial charge in [0.2, 0.25) is 10.0 Å². The lowest BCUT2D eigenvalue weighted by molar-refractivity contribution is 0.0936. The van der Waals surface area contributed by atoms with Crippen LogP contribution in [0.25, 0.3) is 0 Å². The van der Waals surface area contributed by atoms with E-state index in [1.807, 2.05) is 26.0 Å². The van der Waals surface area contributed by atoms with E-state index in [1.165, 1.54) is 27.6 Å². The van der Waals surface area contributed by atoms with Crippen LogP contribution in [0.1, 0.15) is 60.6 Å². The molecule has 0 aliphatic heterocycles. The lowest BCUT2D eigenvalue weighted by atomic mass is 10.1. The first-order chi connectivity index (χ1) is 13.5. The number of hydrogen-bond acceptors (Lipinski definition) is 3. The number of sulfonamides is 1. The van der Waals surface area contributed by atoms with Gasteiger partial charge >= 0.3 is 0 Å². The Morgan fingerprint density at radius 1 is 1.04 bits per heavy atom. The molecule has 6 heteroatoms. The van der Waals surface area contributed by atoms with Gasteiger partial charge < -0.3 is 5.32 Å². The molecule has 0 saturated heterocycles. The van der Waals surface area contributed by atoms with Crippen LogP contribution < -0.4 is 5.32 Å². The topological polar surface area (TPSA) is 66.5 Å².